The third-order valence-corrected chi connectivity index (χ3v) is 3.25. The van der Waals surface area contributed by atoms with Gasteiger partial charge < -0.3 is 5.11 Å². The molecule has 106 valence electrons. The highest BCUT2D eigenvalue weighted by atomic mass is 19.1. The maximum absolute atomic E-state index is 14.1. The number of alkyl halides is 1. The van der Waals surface area contributed by atoms with Crippen molar-refractivity contribution in [3.05, 3.63) is 35.2 Å². The van der Waals surface area contributed by atoms with Gasteiger partial charge in [-0.05, 0) is 43.9 Å². The van der Waals surface area contributed by atoms with Crippen LogP contribution in [-0.4, -0.2) is 16.7 Å². The Labute approximate surface area is 115 Å². The van der Waals surface area contributed by atoms with E-state index in [0.29, 0.717) is 5.56 Å². The van der Waals surface area contributed by atoms with E-state index in [4.69, 9.17) is 5.11 Å². The second-order valence-electron chi connectivity index (χ2n) is 5.13. The first-order chi connectivity index (χ1) is 8.96. The number of allylic oxidation sites excluding steroid dienone is 2. The van der Waals surface area contributed by atoms with Crippen LogP contribution in [0.4, 0.5) is 4.39 Å². The van der Waals surface area contributed by atoms with Crippen LogP contribution in [0.2, 0.25) is 0 Å². The first kappa shape index (κ1) is 15.8. The molecule has 0 aromatic carbocycles. The van der Waals surface area contributed by atoms with Crippen molar-refractivity contribution in [1.82, 2.24) is 4.98 Å². The van der Waals surface area contributed by atoms with Gasteiger partial charge in [0.25, 0.3) is 0 Å². The van der Waals surface area contributed by atoms with E-state index in [2.05, 4.69) is 24.9 Å². The van der Waals surface area contributed by atoms with Crippen molar-refractivity contribution in [2.24, 2.45) is 0 Å². The number of aliphatic hydroxyl groups excluding tert-OH is 1. The fourth-order valence-electron chi connectivity index (χ4n) is 2.12. The molecule has 1 heterocycles. The molecule has 0 amide bonds. The highest BCUT2D eigenvalue weighted by molar-refractivity contribution is 5.65. The molecule has 1 aromatic rings. The van der Waals surface area contributed by atoms with Gasteiger partial charge in [-0.25, -0.2) is 4.39 Å². The quantitative estimate of drug-likeness (QED) is 0.837. The van der Waals surface area contributed by atoms with Crippen molar-refractivity contribution in [1.29, 1.82) is 0 Å². The minimum atomic E-state index is -1.73. The first-order valence-corrected chi connectivity index (χ1v) is 6.92. The van der Waals surface area contributed by atoms with Crippen LogP contribution in [-0.2, 0) is 5.67 Å². The highest BCUT2D eigenvalue weighted by Gasteiger charge is 2.25. The number of halogens is 1. The largest absolute Gasteiger partial charge is 0.393 e. The molecule has 1 unspecified atom stereocenters. The molecule has 1 rings (SSSR count). The van der Waals surface area contributed by atoms with E-state index in [9.17, 15) is 4.39 Å². The summed E-state index contributed by atoms with van der Waals surface area (Å²) in [5.74, 6) is 0. The lowest BCUT2D eigenvalue weighted by Crippen LogP contribution is -2.21. The van der Waals surface area contributed by atoms with E-state index in [1.807, 2.05) is 6.92 Å². The van der Waals surface area contributed by atoms with Gasteiger partial charge in [-0.2, -0.15) is 0 Å². The summed E-state index contributed by atoms with van der Waals surface area (Å²) in [6, 6.07) is 1.79. The van der Waals surface area contributed by atoms with E-state index >= 15 is 0 Å². The van der Waals surface area contributed by atoms with Crippen LogP contribution in [0, 0.1) is 6.92 Å². The normalized spacial score (nSPS) is 15.4. The molecule has 3 heteroatoms. The Balaban J connectivity index is 3.16. The first-order valence-electron chi connectivity index (χ1n) is 6.92. The van der Waals surface area contributed by atoms with Gasteiger partial charge in [0.2, 0.25) is 0 Å². The molecular formula is C16H24FNO. The van der Waals surface area contributed by atoms with Crippen LogP contribution >= 0.6 is 0 Å². The monoisotopic (exact) mass is 265 g/mol. The molecule has 0 aliphatic heterocycles. The molecule has 1 aromatic heterocycles. The number of aryl methyl sites for hydroxylation is 1. The summed E-state index contributed by atoms with van der Waals surface area (Å²) >= 11 is 0. The van der Waals surface area contributed by atoms with Crippen molar-refractivity contribution in [2.75, 3.05) is 6.61 Å². The van der Waals surface area contributed by atoms with Crippen LogP contribution < -0.4 is 0 Å². The van der Waals surface area contributed by atoms with Crippen molar-refractivity contribution in [3.63, 3.8) is 0 Å². The lowest BCUT2D eigenvalue weighted by atomic mass is 9.95. The van der Waals surface area contributed by atoms with E-state index in [0.717, 1.165) is 30.5 Å². The summed E-state index contributed by atoms with van der Waals surface area (Å²) in [6.07, 6.45) is 6.73. The summed E-state index contributed by atoms with van der Waals surface area (Å²) < 4.78 is 14.1. The van der Waals surface area contributed by atoms with E-state index in [-0.39, 0.29) is 0 Å². The summed E-state index contributed by atoms with van der Waals surface area (Å²) in [7, 11) is 0. The fraction of sp³-hybridized carbons (Fsp3) is 0.562. The van der Waals surface area contributed by atoms with Crippen LogP contribution in [0.1, 0.15) is 56.9 Å². The molecule has 19 heavy (non-hydrogen) atoms. The van der Waals surface area contributed by atoms with Gasteiger partial charge in [0.1, 0.15) is 0 Å². The number of aliphatic hydroxyl groups is 1. The smallest absolute Gasteiger partial charge is 0.157 e. The van der Waals surface area contributed by atoms with Crippen LogP contribution in [0.15, 0.2) is 18.3 Å². The van der Waals surface area contributed by atoms with E-state index < -0.39 is 12.3 Å². The highest BCUT2D eigenvalue weighted by Crippen LogP contribution is 2.28. The third kappa shape index (κ3) is 3.87. The lowest BCUT2D eigenvalue weighted by Gasteiger charge is -2.19. The SMILES string of the molecule is CC/C=C(\CCC)c1ncc(C(C)(F)CO)cc1C. The topological polar surface area (TPSA) is 33.1 Å². The number of hydrogen-bond acceptors (Lipinski definition) is 2. The van der Waals surface area contributed by atoms with E-state index in [1.54, 1.807) is 6.07 Å². The Morgan fingerprint density at radius 3 is 2.63 bits per heavy atom. The summed E-state index contributed by atoms with van der Waals surface area (Å²) in [5.41, 5.74) is 1.83. The summed E-state index contributed by atoms with van der Waals surface area (Å²) in [6.45, 7) is 7.03. The Morgan fingerprint density at radius 1 is 1.47 bits per heavy atom. The van der Waals surface area contributed by atoms with Gasteiger partial charge in [0.15, 0.2) is 5.67 Å². The van der Waals surface area contributed by atoms with Crippen molar-refractivity contribution in [3.8, 4) is 0 Å². The van der Waals surface area contributed by atoms with Crippen LogP contribution in [0.5, 0.6) is 0 Å². The molecular weight excluding hydrogens is 241 g/mol. The Morgan fingerprint density at radius 2 is 2.16 bits per heavy atom. The molecule has 0 fully saturated rings. The third-order valence-electron chi connectivity index (χ3n) is 3.25. The maximum atomic E-state index is 14.1. The molecule has 0 aliphatic rings. The van der Waals surface area contributed by atoms with Gasteiger partial charge in [-0.3, -0.25) is 4.98 Å². The second kappa shape index (κ2) is 6.80. The summed E-state index contributed by atoms with van der Waals surface area (Å²) in [5, 5.41) is 9.07. The van der Waals surface area contributed by atoms with Crippen molar-refractivity contribution >= 4 is 5.57 Å². The van der Waals surface area contributed by atoms with Crippen LogP contribution in [0.25, 0.3) is 5.57 Å². The van der Waals surface area contributed by atoms with Gasteiger partial charge >= 0.3 is 0 Å². The molecule has 0 saturated carbocycles. The summed E-state index contributed by atoms with van der Waals surface area (Å²) in [4.78, 5) is 4.41. The Bertz CT molecular complexity index is 452. The number of aromatic nitrogens is 1. The molecule has 0 spiro atoms. The number of nitrogens with zero attached hydrogens (tertiary/aromatic N) is 1. The van der Waals surface area contributed by atoms with Gasteiger partial charge in [0.05, 0.1) is 12.3 Å². The minimum absolute atomic E-state index is 0.434. The molecule has 1 N–H and O–H groups in total. The number of hydrogen-bond donors (Lipinski definition) is 1. The molecule has 1 atom stereocenters. The molecule has 0 aliphatic carbocycles. The second-order valence-corrected chi connectivity index (χ2v) is 5.13. The van der Waals surface area contributed by atoms with Crippen LogP contribution in [0.3, 0.4) is 0 Å². The van der Waals surface area contributed by atoms with Crippen molar-refractivity contribution in [2.45, 2.75) is 52.6 Å². The molecule has 2 nitrogen and oxygen atoms in total. The maximum Gasteiger partial charge on any atom is 0.157 e. The standard InChI is InChI=1S/C16H24FNO/c1-5-7-13(8-6-2)15-12(3)9-14(10-18-15)16(4,17)11-19/h7,9-10,19H,5-6,8,11H2,1-4H3/b13-7+. The Hall–Kier alpha value is -1.22. The predicted octanol–water partition coefficient (Wildman–Crippen LogP) is 4.16. The Kier molecular flexibility index (Phi) is 5.67. The zero-order valence-corrected chi connectivity index (χ0v) is 12.3. The van der Waals surface area contributed by atoms with Crippen molar-refractivity contribution < 1.29 is 9.50 Å². The average Bonchev–Trinajstić information content (AvgIpc) is 2.38. The van der Waals surface area contributed by atoms with Gasteiger partial charge in [-0.15, -0.1) is 0 Å². The average molecular weight is 265 g/mol. The lowest BCUT2D eigenvalue weighted by molar-refractivity contribution is 0.0864. The molecule has 0 bridgehead atoms. The molecule has 0 saturated heterocycles. The minimum Gasteiger partial charge on any atom is -0.393 e. The fourth-order valence-corrected chi connectivity index (χ4v) is 2.12. The van der Waals surface area contributed by atoms with E-state index in [1.165, 1.54) is 18.7 Å². The zero-order chi connectivity index (χ0) is 14.5. The number of rotatable bonds is 6. The number of pyridine rings is 1. The van der Waals surface area contributed by atoms with Gasteiger partial charge in [-0.1, -0.05) is 26.3 Å². The zero-order valence-electron chi connectivity index (χ0n) is 12.3. The van der Waals surface area contributed by atoms with Gasteiger partial charge in [0, 0.05) is 11.8 Å². The molecule has 0 radical (unpaired) electrons. The predicted molar refractivity (Wildman–Crippen MR) is 77.7 cm³/mol.